The van der Waals surface area contributed by atoms with Gasteiger partial charge in [0.25, 0.3) is 0 Å². The number of thiazole rings is 1. The molecule has 0 amide bonds. The minimum absolute atomic E-state index is 0.691. The van der Waals surface area contributed by atoms with Gasteiger partial charge in [-0.2, -0.15) is 4.98 Å². The van der Waals surface area contributed by atoms with Crippen LogP contribution in [0.25, 0.3) is 16.3 Å². The molecule has 1 aliphatic heterocycles. The molecule has 1 N–H and O–H groups in total. The lowest BCUT2D eigenvalue weighted by Crippen LogP contribution is -2.23. The van der Waals surface area contributed by atoms with Crippen molar-refractivity contribution < 1.29 is 0 Å². The normalized spacial score (nSPS) is 14.8. The molecule has 0 saturated carbocycles. The van der Waals surface area contributed by atoms with Gasteiger partial charge in [0.1, 0.15) is 0 Å². The van der Waals surface area contributed by atoms with Crippen molar-refractivity contribution in [3.05, 3.63) is 39.9 Å². The first kappa shape index (κ1) is 11.4. The Morgan fingerprint density at radius 1 is 1.32 bits per heavy atom. The van der Waals surface area contributed by atoms with Gasteiger partial charge in [-0.3, -0.25) is 0 Å². The van der Waals surface area contributed by atoms with E-state index in [1.165, 1.54) is 10.6 Å². The number of halogens is 1. The Bertz CT molecular complexity index is 761. The molecule has 2 aromatic heterocycles. The number of fused-ring (bicyclic) bond motifs is 3. The van der Waals surface area contributed by atoms with Crippen LogP contribution in [0.2, 0.25) is 5.02 Å². The third kappa shape index (κ3) is 1.77. The monoisotopic (exact) mass is 290 g/mol. The Kier molecular flexibility index (Phi) is 2.58. The molecular formula is C13H11ClN4S. The summed E-state index contributed by atoms with van der Waals surface area (Å²) in [6, 6.07) is 7.69. The van der Waals surface area contributed by atoms with Crippen LogP contribution in [0, 0.1) is 0 Å². The largest absolute Gasteiger partial charge is 0.311 e. The van der Waals surface area contributed by atoms with Crippen LogP contribution in [0.3, 0.4) is 0 Å². The molecular weight excluding hydrogens is 280 g/mol. The Morgan fingerprint density at radius 3 is 3.11 bits per heavy atom. The number of rotatable bonds is 1. The Balaban J connectivity index is 1.89. The van der Waals surface area contributed by atoms with Crippen molar-refractivity contribution in [1.29, 1.82) is 0 Å². The fraction of sp³-hybridized carbons (Fsp3) is 0.231. The molecule has 0 radical (unpaired) electrons. The third-order valence-corrected chi connectivity index (χ3v) is 4.71. The fourth-order valence-corrected chi connectivity index (χ4v) is 3.67. The van der Waals surface area contributed by atoms with Crippen LogP contribution in [-0.2, 0) is 13.0 Å². The Hall–Kier alpha value is -1.43. The van der Waals surface area contributed by atoms with Crippen molar-refractivity contribution in [1.82, 2.24) is 19.9 Å². The number of aromatic nitrogens is 3. The first-order valence-corrected chi connectivity index (χ1v) is 7.35. The summed E-state index contributed by atoms with van der Waals surface area (Å²) in [6.45, 7) is 1.92. The molecule has 6 heteroatoms. The van der Waals surface area contributed by atoms with Crippen molar-refractivity contribution >= 4 is 27.9 Å². The molecule has 0 spiro atoms. The lowest BCUT2D eigenvalue weighted by molar-refractivity contribution is 0.629. The molecule has 0 atom stereocenters. The third-order valence-electron chi connectivity index (χ3n) is 3.31. The van der Waals surface area contributed by atoms with E-state index in [1.54, 1.807) is 11.3 Å². The van der Waals surface area contributed by atoms with Crippen LogP contribution >= 0.6 is 22.9 Å². The van der Waals surface area contributed by atoms with Gasteiger partial charge in [-0.05, 0) is 12.1 Å². The van der Waals surface area contributed by atoms with Gasteiger partial charge >= 0.3 is 0 Å². The zero-order valence-corrected chi connectivity index (χ0v) is 11.6. The van der Waals surface area contributed by atoms with Gasteiger partial charge in [-0.25, -0.2) is 4.52 Å². The predicted octanol–water partition coefficient (Wildman–Crippen LogP) is 2.76. The van der Waals surface area contributed by atoms with Crippen LogP contribution < -0.4 is 5.32 Å². The topological polar surface area (TPSA) is 42.2 Å². The summed E-state index contributed by atoms with van der Waals surface area (Å²) in [6.07, 6.45) is 1.00. The number of nitrogens with zero attached hydrogens (tertiary/aromatic N) is 3. The average Bonchev–Trinajstić information content (AvgIpc) is 2.96. The first-order chi connectivity index (χ1) is 9.33. The number of hydrogen-bond donors (Lipinski definition) is 1. The van der Waals surface area contributed by atoms with Crippen molar-refractivity contribution in [2.45, 2.75) is 13.0 Å². The van der Waals surface area contributed by atoms with E-state index in [0.717, 1.165) is 30.0 Å². The highest BCUT2D eigenvalue weighted by Crippen LogP contribution is 2.29. The van der Waals surface area contributed by atoms with E-state index in [9.17, 15) is 0 Å². The summed E-state index contributed by atoms with van der Waals surface area (Å²) in [5.74, 6) is 0.707. The predicted molar refractivity (Wildman–Crippen MR) is 76.7 cm³/mol. The molecule has 19 heavy (non-hydrogen) atoms. The van der Waals surface area contributed by atoms with E-state index in [-0.39, 0.29) is 0 Å². The molecule has 0 saturated heterocycles. The quantitative estimate of drug-likeness (QED) is 0.749. The SMILES string of the molecule is Clc1ccccc1-c1nc2sc3c(n2n1)CCNC3. The maximum Gasteiger partial charge on any atom is 0.213 e. The average molecular weight is 291 g/mol. The maximum absolute atomic E-state index is 6.20. The van der Waals surface area contributed by atoms with E-state index in [4.69, 9.17) is 11.6 Å². The molecule has 4 nitrogen and oxygen atoms in total. The highest BCUT2D eigenvalue weighted by molar-refractivity contribution is 7.17. The molecule has 1 aliphatic rings. The van der Waals surface area contributed by atoms with E-state index in [1.807, 2.05) is 28.8 Å². The minimum atomic E-state index is 0.691. The highest BCUT2D eigenvalue weighted by Gasteiger charge is 2.19. The lowest BCUT2D eigenvalue weighted by atomic mass is 10.2. The van der Waals surface area contributed by atoms with E-state index >= 15 is 0 Å². The summed E-state index contributed by atoms with van der Waals surface area (Å²) in [7, 11) is 0. The zero-order valence-electron chi connectivity index (χ0n) is 10.1. The molecule has 4 rings (SSSR count). The molecule has 96 valence electrons. The van der Waals surface area contributed by atoms with Gasteiger partial charge in [-0.1, -0.05) is 35.1 Å². The second-order valence-corrected chi connectivity index (χ2v) is 5.98. The molecule has 3 aromatic rings. The van der Waals surface area contributed by atoms with Crippen molar-refractivity contribution in [3.63, 3.8) is 0 Å². The standard InChI is InChI=1S/C13H11ClN4S/c14-9-4-2-1-3-8(9)12-16-13-18(17-12)10-5-6-15-7-11(10)19-13/h1-4,15H,5-7H2. The Labute approximate surface area is 119 Å². The minimum Gasteiger partial charge on any atom is -0.311 e. The van der Waals surface area contributed by atoms with Crippen molar-refractivity contribution in [2.24, 2.45) is 0 Å². The fourth-order valence-electron chi connectivity index (χ4n) is 2.38. The van der Waals surface area contributed by atoms with Crippen LogP contribution in [0.4, 0.5) is 0 Å². The summed E-state index contributed by atoms with van der Waals surface area (Å²) in [5, 5.41) is 8.68. The van der Waals surface area contributed by atoms with Gasteiger partial charge < -0.3 is 5.32 Å². The van der Waals surface area contributed by atoms with Crippen LogP contribution in [0.1, 0.15) is 10.6 Å². The number of hydrogen-bond acceptors (Lipinski definition) is 4. The smallest absolute Gasteiger partial charge is 0.213 e. The number of benzene rings is 1. The van der Waals surface area contributed by atoms with Crippen LogP contribution in [0.15, 0.2) is 24.3 Å². The maximum atomic E-state index is 6.20. The second kappa shape index (κ2) is 4.30. The summed E-state index contributed by atoms with van der Waals surface area (Å²) >= 11 is 7.91. The molecule has 0 unspecified atom stereocenters. The van der Waals surface area contributed by atoms with Crippen LogP contribution in [-0.4, -0.2) is 21.1 Å². The van der Waals surface area contributed by atoms with Crippen molar-refractivity contribution in [2.75, 3.05) is 6.54 Å². The van der Waals surface area contributed by atoms with Crippen LogP contribution in [0.5, 0.6) is 0 Å². The van der Waals surface area contributed by atoms with Gasteiger partial charge in [0.15, 0.2) is 5.82 Å². The van der Waals surface area contributed by atoms with Gasteiger partial charge in [-0.15, -0.1) is 5.10 Å². The lowest BCUT2D eigenvalue weighted by Gasteiger charge is -2.11. The van der Waals surface area contributed by atoms with Gasteiger partial charge in [0.2, 0.25) is 4.96 Å². The highest BCUT2D eigenvalue weighted by atomic mass is 35.5. The Morgan fingerprint density at radius 2 is 2.21 bits per heavy atom. The number of nitrogens with one attached hydrogen (secondary N) is 1. The van der Waals surface area contributed by atoms with Gasteiger partial charge in [0, 0.05) is 30.0 Å². The molecule has 0 bridgehead atoms. The van der Waals surface area contributed by atoms with E-state index in [2.05, 4.69) is 15.4 Å². The molecule has 0 aliphatic carbocycles. The second-order valence-electron chi connectivity index (χ2n) is 4.51. The molecule has 1 aromatic carbocycles. The van der Waals surface area contributed by atoms with E-state index < -0.39 is 0 Å². The summed E-state index contributed by atoms with van der Waals surface area (Å²) < 4.78 is 1.97. The van der Waals surface area contributed by atoms with E-state index in [0.29, 0.717) is 10.8 Å². The van der Waals surface area contributed by atoms with Crippen molar-refractivity contribution in [3.8, 4) is 11.4 Å². The van der Waals surface area contributed by atoms with Gasteiger partial charge in [0.05, 0.1) is 10.7 Å². The first-order valence-electron chi connectivity index (χ1n) is 6.16. The summed E-state index contributed by atoms with van der Waals surface area (Å²) in [5.41, 5.74) is 2.17. The summed E-state index contributed by atoms with van der Waals surface area (Å²) in [4.78, 5) is 6.89. The molecule has 3 heterocycles. The zero-order chi connectivity index (χ0) is 12.8. The molecule has 0 fully saturated rings.